The van der Waals surface area contributed by atoms with Crippen LogP contribution in [0.4, 0.5) is 5.69 Å². The van der Waals surface area contributed by atoms with Gasteiger partial charge in [-0.05, 0) is 30.3 Å². The molecule has 6 nitrogen and oxygen atoms in total. The fourth-order valence-corrected chi connectivity index (χ4v) is 2.68. The SMILES string of the molecule is O=C(/C=C/S(=O)(=O)c1ccccc1)c1ccc([N+](=O)[O-])cc1. The number of rotatable bonds is 5. The summed E-state index contributed by atoms with van der Waals surface area (Å²) >= 11 is 0. The van der Waals surface area contributed by atoms with E-state index in [0.717, 1.165) is 11.5 Å². The molecule has 7 heteroatoms. The molecule has 0 unspecified atom stereocenters. The van der Waals surface area contributed by atoms with Gasteiger partial charge < -0.3 is 0 Å². The van der Waals surface area contributed by atoms with Crippen molar-refractivity contribution in [1.29, 1.82) is 0 Å². The van der Waals surface area contributed by atoms with Gasteiger partial charge in [0.25, 0.3) is 5.69 Å². The van der Waals surface area contributed by atoms with E-state index in [2.05, 4.69) is 0 Å². The second kappa shape index (κ2) is 6.31. The first-order valence-corrected chi connectivity index (χ1v) is 7.72. The maximum atomic E-state index is 12.0. The first kappa shape index (κ1) is 15.6. The number of hydrogen-bond acceptors (Lipinski definition) is 5. The maximum Gasteiger partial charge on any atom is 0.269 e. The lowest BCUT2D eigenvalue weighted by molar-refractivity contribution is -0.384. The summed E-state index contributed by atoms with van der Waals surface area (Å²) in [5, 5.41) is 11.3. The highest BCUT2D eigenvalue weighted by atomic mass is 32.2. The Morgan fingerprint density at radius 3 is 2.14 bits per heavy atom. The van der Waals surface area contributed by atoms with Crippen LogP contribution in [0.15, 0.2) is 71.0 Å². The number of allylic oxidation sites excluding steroid dienone is 1. The Balaban J connectivity index is 2.19. The zero-order chi connectivity index (χ0) is 16.2. The summed E-state index contributed by atoms with van der Waals surface area (Å²) in [5.41, 5.74) is 0.0301. The average Bonchev–Trinajstić information content (AvgIpc) is 2.53. The molecular weight excluding hydrogens is 306 g/mol. The van der Waals surface area contributed by atoms with Crippen molar-refractivity contribution in [2.45, 2.75) is 4.90 Å². The van der Waals surface area contributed by atoms with Crippen LogP contribution in [-0.2, 0) is 9.84 Å². The fourth-order valence-electron chi connectivity index (χ4n) is 1.68. The summed E-state index contributed by atoms with van der Waals surface area (Å²) in [6.07, 6.45) is 0.934. The highest BCUT2D eigenvalue weighted by Crippen LogP contribution is 2.14. The average molecular weight is 317 g/mol. The molecule has 2 aromatic rings. The highest BCUT2D eigenvalue weighted by molar-refractivity contribution is 7.94. The van der Waals surface area contributed by atoms with Crippen molar-refractivity contribution < 1.29 is 18.1 Å². The fraction of sp³-hybridized carbons (Fsp3) is 0. The van der Waals surface area contributed by atoms with Crippen molar-refractivity contribution in [2.24, 2.45) is 0 Å². The van der Waals surface area contributed by atoms with E-state index in [4.69, 9.17) is 0 Å². The van der Waals surface area contributed by atoms with Crippen LogP contribution >= 0.6 is 0 Å². The molecule has 0 aromatic heterocycles. The van der Waals surface area contributed by atoms with Gasteiger partial charge in [-0.2, -0.15) is 0 Å². The van der Waals surface area contributed by atoms with Crippen LogP contribution < -0.4 is 0 Å². The number of ketones is 1. The molecule has 0 heterocycles. The molecule has 112 valence electrons. The van der Waals surface area contributed by atoms with Crippen LogP contribution in [-0.4, -0.2) is 19.1 Å². The van der Waals surface area contributed by atoms with Crippen molar-refractivity contribution in [3.8, 4) is 0 Å². The van der Waals surface area contributed by atoms with Gasteiger partial charge in [0.15, 0.2) is 15.6 Å². The predicted molar refractivity (Wildman–Crippen MR) is 80.2 cm³/mol. The number of non-ortho nitro benzene ring substituents is 1. The van der Waals surface area contributed by atoms with Gasteiger partial charge in [-0.25, -0.2) is 8.42 Å². The van der Waals surface area contributed by atoms with Crippen molar-refractivity contribution in [3.05, 3.63) is 81.8 Å². The van der Waals surface area contributed by atoms with Gasteiger partial charge in [0.2, 0.25) is 0 Å². The molecule has 22 heavy (non-hydrogen) atoms. The van der Waals surface area contributed by atoms with Crippen LogP contribution in [0.2, 0.25) is 0 Å². The van der Waals surface area contributed by atoms with Crippen LogP contribution in [0.1, 0.15) is 10.4 Å². The highest BCUT2D eigenvalue weighted by Gasteiger charge is 2.11. The monoisotopic (exact) mass is 317 g/mol. The number of carbonyl (C=O) groups excluding carboxylic acids is 1. The molecule has 0 spiro atoms. The molecule has 0 aliphatic rings. The van der Waals surface area contributed by atoms with Crippen LogP contribution in [0.25, 0.3) is 0 Å². The summed E-state index contributed by atoms with van der Waals surface area (Å²) in [4.78, 5) is 21.9. The minimum atomic E-state index is -3.69. The van der Waals surface area contributed by atoms with Crippen LogP contribution in [0.3, 0.4) is 0 Å². The lowest BCUT2D eigenvalue weighted by atomic mass is 10.1. The summed E-state index contributed by atoms with van der Waals surface area (Å²) < 4.78 is 24.0. The lowest BCUT2D eigenvalue weighted by Gasteiger charge is -1.98. The van der Waals surface area contributed by atoms with Crippen molar-refractivity contribution >= 4 is 21.3 Å². The van der Waals surface area contributed by atoms with Crippen LogP contribution in [0.5, 0.6) is 0 Å². The number of nitrogens with zero attached hydrogens (tertiary/aromatic N) is 1. The summed E-state index contributed by atoms with van der Waals surface area (Å²) in [6.45, 7) is 0. The molecule has 0 aliphatic heterocycles. The third-order valence-electron chi connectivity index (χ3n) is 2.83. The van der Waals surface area contributed by atoms with Gasteiger partial charge in [0, 0.05) is 23.1 Å². The number of carbonyl (C=O) groups is 1. The lowest BCUT2D eigenvalue weighted by Crippen LogP contribution is -1.99. The normalized spacial score (nSPS) is 11.5. The minimum Gasteiger partial charge on any atom is -0.289 e. The van der Waals surface area contributed by atoms with Gasteiger partial charge in [-0.1, -0.05) is 18.2 Å². The molecule has 0 amide bonds. The molecule has 0 aliphatic carbocycles. The van der Waals surface area contributed by atoms with Gasteiger partial charge in [0.05, 0.1) is 9.82 Å². The third-order valence-corrected chi connectivity index (χ3v) is 4.26. The Kier molecular flexibility index (Phi) is 4.47. The van der Waals surface area contributed by atoms with E-state index < -0.39 is 20.5 Å². The molecule has 2 aromatic carbocycles. The molecule has 0 saturated carbocycles. The number of sulfone groups is 1. The Morgan fingerprint density at radius 2 is 1.59 bits per heavy atom. The summed E-state index contributed by atoms with van der Waals surface area (Å²) in [7, 11) is -3.69. The predicted octanol–water partition coefficient (Wildman–Crippen LogP) is 2.77. The van der Waals surface area contributed by atoms with E-state index in [9.17, 15) is 23.3 Å². The molecule has 0 fully saturated rings. The van der Waals surface area contributed by atoms with Crippen molar-refractivity contribution in [3.63, 3.8) is 0 Å². The Bertz CT molecular complexity index is 824. The zero-order valence-corrected chi connectivity index (χ0v) is 12.1. The van der Waals surface area contributed by atoms with E-state index in [-0.39, 0.29) is 16.1 Å². The second-order valence-corrected chi connectivity index (χ2v) is 6.16. The Labute approximate surface area is 126 Å². The van der Waals surface area contributed by atoms with E-state index in [0.29, 0.717) is 0 Å². The topological polar surface area (TPSA) is 94.3 Å². The standard InChI is InChI=1S/C15H11NO5S/c17-15(12-6-8-13(9-7-12)16(18)19)10-11-22(20,21)14-4-2-1-3-5-14/h1-11H/b11-10+. The zero-order valence-electron chi connectivity index (χ0n) is 11.2. The van der Waals surface area contributed by atoms with Gasteiger partial charge in [-0.15, -0.1) is 0 Å². The van der Waals surface area contributed by atoms with Gasteiger partial charge in [-0.3, -0.25) is 14.9 Å². The summed E-state index contributed by atoms with van der Waals surface area (Å²) in [5.74, 6) is -0.547. The first-order chi connectivity index (χ1) is 10.4. The molecular formula is C15H11NO5S. The number of benzene rings is 2. The Hall–Kier alpha value is -2.80. The van der Waals surface area contributed by atoms with Gasteiger partial charge >= 0.3 is 0 Å². The largest absolute Gasteiger partial charge is 0.289 e. The first-order valence-electron chi connectivity index (χ1n) is 6.17. The second-order valence-electron chi connectivity index (χ2n) is 4.33. The third kappa shape index (κ3) is 3.64. The smallest absolute Gasteiger partial charge is 0.269 e. The van der Waals surface area contributed by atoms with Crippen molar-refractivity contribution in [1.82, 2.24) is 0 Å². The molecule has 0 N–H and O–H groups in total. The maximum absolute atomic E-state index is 12.0. The van der Waals surface area contributed by atoms with Crippen molar-refractivity contribution in [2.75, 3.05) is 0 Å². The van der Waals surface area contributed by atoms with E-state index >= 15 is 0 Å². The summed E-state index contributed by atoms with van der Waals surface area (Å²) in [6, 6.07) is 12.6. The molecule has 0 radical (unpaired) electrons. The van der Waals surface area contributed by atoms with Gasteiger partial charge in [0.1, 0.15) is 0 Å². The number of nitro benzene ring substituents is 1. The minimum absolute atomic E-state index is 0.0859. The van der Waals surface area contributed by atoms with E-state index in [1.54, 1.807) is 18.2 Å². The quantitative estimate of drug-likeness (QED) is 0.366. The van der Waals surface area contributed by atoms with Crippen LogP contribution in [0, 0.1) is 10.1 Å². The number of hydrogen-bond donors (Lipinski definition) is 0. The molecule has 0 saturated heterocycles. The molecule has 0 bridgehead atoms. The van der Waals surface area contributed by atoms with E-state index in [1.165, 1.54) is 36.4 Å². The Morgan fingerprint density at radius 1 is 1.00 bits per heavy atom. The molecule has 2 rings (SSSR count). The number of nitro groups is 1. The molecule has 0 atom stereocenters. The van der Waals surface area contributed by atoms with E-state index in [1.807, 2.05) is 0 Å².